The van der Waals surface area contributed by atoms with E-state index >= 15 is 0 Å². The summed E-state index contributed by atoms with van der Waals surface area (Å²) in [5, 5.41) is 0. The number of halogens is 1. The van der Waals surface area contributed by atoms with Crippen LogP contribution in [0.4, 0.5) is 4.39 Å². The molecule has 0 radical (unpaired) electrons. The molecule has 0 bridgehead atoms. The number of para-hydroxylation sites is 1. The zero-order valence-corrected chi connectivity index (χ0v) is 13.7. The van der Waals surface area contributed by atoms with Crippen molar-refractivity contribution in [2.45, 2.75) is 13.0 Å². The van der Waals surface area contributed by atoms with Crippen LogP contribution in [0.15, 0.2) is 42.5 Å². The van der Waals surface area contributed by atoms with E-state index in [1.54, 1.807) is 25.1 Å². The smallest absolute Gasteiger partial charge is 0.254 e. The first-order valence-electron chi connectivity index (χ1n) is 7.23. The molecule has 4 nitrogen and oxygen atoms in total. The van der Waals surface area contributed by atoms with Crippen LogP contribution in [0.1, 0.15) is 28.9 Å². The van der Waals surface area contributed by atoms with Crippen LogP contribution < -0.4 is 9.47 Å². The molecule has 1 atom stereocenters. The van der Waals surface area contributed by atoms with E-state index < -0.39 is 5.82 Å². The lowest BCUT2D eigenvalue weighted by Gasteiger charge is -2.26. The predicted octanol–water partition coefficient (Wildman–Crippen LogP) is 3.68. The Balaban J connectivity index is 2.26. The maximum atomic E-state index is 13.8. The Morgan fingerprint density at radius 3 is 2.35 bits per heavy atom. The van der Waals surface area contributed by atoms with Crippen molar-refractivity contribution in [2.24, 2.45) is 0 Å². The Morgan fingerprint density at radius 2 is 1.74 bits per heavy atom. The van der Waals surface area contributed by atoms with Gasteiger partial charge in [-0.3, -0.25) is 4.79 Å². The van der Waals surface area contributed by atoms with Crippen molar-refractivity contribution >= 4 is 5.91 Å². The highest BCUT2D eigenvalue weighted by Crippen LogP contribution is 2.29. The average molecular weight is 317 g/mol. The Bertz CT molecular complexity index is 702. The van der Waals surface area contributed by atoms with Gasteiger partial charge in [-0.05, 0) is 31.2 Å². The van der Waals surface area contributed by atoms with Gasteiger partial charge in [0.2, 0.25) is 0 Å². The fourth-order valence-corrected chi connectivity index (χ4v) is 2.40. The van der Waals surface area contributed by atoms with Crippen LogP contribution in [0.2, 0.25) is 0 Å². The molecular weight excluding hydrogens is 297 g/mol. The number of carbonyl (C=O) groups excluding carboxylic acids is 1. The number of amides is 1. The van der Waals surface area contributed by atoms with Crippen LogP contribution in [0.25, 0.3) is 0 Å². The maximum Gasteiger partial charge on any atom is 0.254 e. The molecule has 122 valence electrons. The molecule has 0 saturated carbocycles. The largest absolute Gasteiger partial charge is 0.496 e. The van der Waals surface area contributed by atoms with E-state index in [9.17, 15) is 9.18 Å². The Morgan fingerprint density at radius 1 is 1.09 bits per heavy atom. The first-order valence-corrected chi connectivity index (χ1v) is 7.23. The Labute approximate surface area is 135 Å². The average Bonchev–Trinajstić information content (AvgIpc) is 2.59. The summed E-state index contributed by atoms with van der Waals surface area (Å²) in [5.41, 5.74) is 1.16. The van der Waals surface area contributed by atoms with Gasteiger partial charge in [0.1, 0.15) is 5.75 Å². The van der Waals surface area contributed by atoms with Crippen molar-refractivity contribution in [3.63, 3.8) is 0 Å². The van der Waals surface area contributed by atoms with E-state index in [0.717, 1.165) is 5.56 Å². The predicted molar refractivity (Wildman–Crippen MR) is 86.5 cm³/mol. The summed E-state index contributed by atoms with van der Waals surface area (Å²) >= 11 is 0. The third-order valence-corrected chi connectivity index (χ3v) is 3.89. The molecule has 0 aromatic heterocycles. The number of carbonyl (C=O) groups is 1. The summed E-state index contributed by atoms with van der Waals surface area (Å²) in [4.78, 5) is 14.1. The molecule has 2 aromatic rings. The van der Waals surface area contributed by atoms with E-state index in [0.29, 0.717) is 5.75 Å². The van der Waals surface area contributed by atoms with E-state index in [1.807, 2.05) is 31.2 Å². The summed E-state index contributed by atoms with van der Waals surface area (Å²) in [7, 11) is 4.66. The zero-order chi connectivity index (χ0) is 17.0. The second-order valence-corrected chi connectivity index (χ2v) is 5.18. The maximum absolute atomic E-state index is 13.8. The second kappa shape index (κ2) is 7.13. The molecule has 0 spiro atoms. The molecule has 0 heterocycles. The topological polar surface area (TPSA) is 38.8 Å². The van der Waals surface area contributed by atoms with Crippen LogP contribution in [0, 0.1) is 5.82 Å². The minimum Gasteiger partial charge on any atom is -0.496 e. The molecule has 0 aliphatic carbocycles. The lowest BCUT2D eigenvalue weighted by atomic mass is 10.0. The fraction of sp³-hybridized carbons (Fsp3) is 0.278. The van der Waals surface area contributed by atoms with E-state index in [-0.39, 0.29) is 23.3 Å². The molecule has 0 unspecified atom stereocenters. The van der Waals surface area contributed by atoms with Gasteiger partial charge < -0.3 is 14.4 Å². The van der Waals surface area contributed by atoms with Crippen LogP contribution in [-0.2, 0) is 0 Å². The van der Waals surface area contributed by atoms with Crippen molar-refractivity contribution in [2.75, 3.05) is 21.3 Å². The monoisotopic (exact) mass is 317 g/mol. The fourth-order valence-electron chi connectivity index (χ4n) is 2.40. The molecular formula is C18H20FNO3. The van der Waals surface area contributed by atoms with Gasteiger partial charge in [-0.1, -0.05) is 18.2 Å². The molecule has 0 fully saturated rings. The second-order valence-electron chi connectivity index (χ2n) is 5.18. The highest BCUT2D eigenvalue weighted by molar-refractivity contribution is 5.94. The van der Waals surface area contributed by atoms with Crippen molar-refractivity contribution < 1.29 is 18.7 Å². The Hall–Kier alpha value is -2.56. The van der Waals surface area contributed by atoms with Crippen molar-refractivity contribution in [1.29, 1.82) is 0 Å². The van der Waals surface area contributed by atoms with Gasteiger partial charge in [-0.2, -0.15) is 0 Å². The molecule has 2 rings (SSSR count). The number of methoxy groups -OCH3 is 2. The van der Waals surface area contributed by atoms with Crippen molar-refractivity contribution in [3.8, 4) is 11.5 Å². The molecule has 0 aliphatic heterocycles. The summed E-state index contributed by atoms with van der Waals surface area (Å²) in [5.74, 6) is -0.0100. The van der Waals surface area contributed by atoms with Gasteiger partial charge in [-0.15, -0.1) is 0 Å². The number of hydrogen-bond donors (Lipinski definition) is 0. The lowest BCUT2D eigenvalue weighted by Crippen LogP contribution is -2.30. The van der Waals surface area contributed by atoms with E-state index in [2.05, 4.69) is 0 Å². The van der Waals surface area contributed by atoms with Gasteiger partial charge in [0.15, 0.2) is 11.6 Å². The van der Waals surface area contributed by atoms with Crippen LogP contribution in [-0.4, -0.2) is 32.1 Å². The summed E-state index contributed by atoms with van der Waals surface area (Å²) in [6.45, 7) is 1.90. The van der Waals surface area contributed by atoms with Gasteiger partial charge >= 0.3 is 0 Å². The normalized spacial score (nSPS) is 11.7. The summed E-state index contributed by atoms with van der Waals surface area (Å²) in [6, 6.07) is 11.5. The molecule has 23 heavy (non-hydrogen) atoms. The molecule has 2 aromatic carbocycles. The summed E-state index contributed by atoms with van der Waals surface area (Å²) in [6.07, 6.45) is 0. The summed E-state index contributed by atoms with van der Waals surface area (Å²) < 4.78 is 24.0. The molecule has 1 amide bonds. The van der Waals surface area contributed by atoms with E-state index in [1.165, 1.54) is 19.2 Å². The van der Waals surface area contributed by atoms with Gasteiger partial charge in [0, 0.05) is 18.2 Å². The number of nitrogens with zero attached hydrogens (tertiary/aromatic N) is 1. The minimum atomic E-state index is -0.559. The van der Waals surface area contributed by atoms with Crippen molar-refractivity contribution in [1.82, 2.24) is 4.90 Å². The number of benzene rings is 2. The third kappa shape index (κ3) is 3.44. The quantitative estimate of drug-likeness (QED) is 0.844. The third-order valence-electron chi connectivity index (χ3n) is 3.89. The van der Waals surface area contributed by atoms with Crippen LogP contribution >= 0.6 is 0 Å². The first-order chi connectivity index (χ1) is 11.0. The molecule has 0 N–H and O–H groups in total. The highest BCUT2D eigenvalue weighted by atomic mass is 19.1. The van der Waals surface area contributed by atoms with E-state index in [4.69, 9.17) is 9.47 Å². The first kappa shape index (κ1) is 16.8. The molecule has 0 aliphatic rings. The van der Waals surface area contributed by atoms with Crippen LogP contribution in [0.3, 0.4) is 0 Å². The number of rotatable bonds is 5. The van der Waals surface area contributed by atoms with Gasteiger partial charge in [0.05, 0.1) is 20.3 Å². The number of hydrogen-bond acceptors (Lipinski definition) is 3. The SMILES string of the molecule is COc1ccc(C(=O)N(C)[C@@H](C)c2ccccc2OC)cc1F. The minimum absolute atomic E-state index is 0.113. The Kier molecular flexibility index (Phi) is 5.21. The zero-order valence-electron chi connectivity index (χ0n) is 13.7. The number of ether oxygens (including phenoxy) is 2. The molecule has 5 heteroatoms. The van der Waals surface area contributed by atoms with Crippen molar-refractivity contribution in [3.05, 3.63) is 59.4 Å². The standard InChI is InChI=1S/C18H20FNO3/c1-12(14-7-5-6-8-16(14)22-3)20(2)18(21)13-9-10-17(23-4)15(19)11-13/h5-12H,1-4H3/t12-/m0/s1. The van der Waals surface area contributed by atoms with Gasteiger partial charge in [-0.25, -0.2) is 4.39 Å². The van der Waals surface area contributed by atoms with Crippen LogP contribution in [0.5, 0.6) is 11.5 Å². The molecule has 0 saturated heterocycles. The van der Waals surface area contributed by atoms with Gasteiger partial charge in [0.25, 0.3) is 5.91 Å². The highest BCUT2D eigenvalue weighted by Gasteiger charge is 2.22. The lowest BCUT2D eigenvalue weighted by molar-refractivity contribution is 0.0740.